The third-order valence-electron chi connectivity index (χ3n) is 2.00. The van der Waals surface area contributed by atoms with Gasteiger partial charge in [0, 0.05) is 24.0 Å². The molecule has 4 nitrogen and oxygen atoms in total. The predicted octanol–water partition coefficient (Wildman–Crippen LogP) is 1.55. The van der Waals surface area contributed by atoms with Gasteiger partial charge in [0.1, 0.15) is 0 Å². The molecule has 0 unspecified atom stereocenters. The van der Waals surface area contributed by atoms with Gasteiger partial charge in [0.05, 0.1) is 11.0 Å². The van der Waals surface area contributed by atoms with Crippen LogP contribution in [0.25, 0.3) is 0 Å². The first-order valence-electron chi connectivity index (χ1n) is 5.10. The summed E-state index contributed by atoms with van der Waals surface area (Å²) < 4.78 is 0. The van der Waals surface area contributed by atoms with Gasteiger partial charge in [-0.15, -0.1) is 36.2 Å². The first-order valence-corrected chi connectivity index (χ1v) is 5.92. The molecule has 0 aliphatic rings. The van der Waals surface area contributed by atoms with E-state index in [-0.39, 0.29) is 30.7 Å². The van der Waals surface area contributed by atoms with E-state index >= 15 is 0 Å². The van der Waals surface area contributed by atoms with Crippen molar-refractivity contribution in [1.29, 1.82) is 0 Å². The van der Waals surface area contributed by atoms with Crippen molar-refractivity contribution >= 4 is 42.1 Å². The van der Waals surface area contributed by atoms with E-state index in [0.717, 1.165) is 17.8 Å². The third-order valence-corrected chi connectivity index (χ3v) is 3.20. The van der Waals surface area contributed by atoms with Gasteiger partial charge in [-0.05, 0) is 13.3 Å². The number of carbonyl (C=O) groups is 1. The van der Waals surface area contributed by atoms with Crippen LogP contribution in [0.1, 0.15) is 23.7 Å². The number of aromatic nitrogens is 1. The van der Waals surface area contributed by atoms with E-state index in [0.29, 0.717) is 6.54 Å². The molecule has 1 aromatic rings. The molecule has 1 amide bonds. The van der Waals surface area contributed by atoms with Gasteiger partial charge >= 0.3 is 0 Å². The van der Waals surface area contributed by atoms with Gasteiger partial charge in [0.2, 0.25) is 5.91 Å². The van der Waals surface area contributed by atoms with E-state index in [4.69, 9.17) is 5.73 Å². The van der Waals surface area contributed by atoms with Gasteiger partial charge < -0.3 is 11.1 Å². The lowest BCUT2D eigenvalue weighted by atomic mass is 10.3. The Kier molecular flexibility index (Phi) is 10.8. The Labute approximate surface area is 118 Å². The molecule has 0 radical (unpaired) electrons. The van der Waals surface area contributed by atoms with Crippen molar-refractivity contribution in [2.75, 3.05) is 6.54 Å². The van der Waals surface area contributed by atoms with E-state index in [1.54, 1.807) is 18.3 Å². The second-order valence-electron chi connectivity index (χ2n) is 3.40. The second-order valence-corrected chi connectivity index (χ2v) is 4.60. The Bertz CT molecular complexity index is 331. The average Bonchev–Trinajstić information content (AvgIpc) is 2.65. The topological polar surface area (TPSA) is 68.0 Å². The van der Waals surface area contributed by atoms with E-state index in [1.807, 2.05) is 6.20 Å². The molecule has 7 heteroatoms. The zero-order valence-corrected chi connectivity index (χ0v) is 12.4. The highest BCUT2D eigenvalue weighted by Crippen LogP contribution is 2.13. The summed E-state index contributed by atoms with van der Waals surface area (Å²) >= 11 is 1.70. The predicted molar refractivity (Wildman–Crippen MR) is 76.4 cm³/mol. The van der Waals surface area contributed by atoms with Crippen LogP contribution in [0.5, 0.6) is 0 Å². The van der Waals surface area contributed by atoms with E-state index in [2.05, 4.69) is 17.2 Å². The molecular weight excluding hydrogens is 281 g/mol. The van der Waals surface area contributed by atoms with Crippen LogP contribution in [0, 0.1) is 0 Å². The Balaban J connectivity index is 0. The normalized spacial score (nSPS) is 11.0. The Morgan fingerprint density at radius 3 is 2.71 bits per heavy atom. The number of rotatable bonds is 5. The summed E-state index contributed by atoms with van der Waals surface area (Å²) in [7, 11) is 0. The summed E-state index contributed by atoms with van der Waals surface area (Å²) in [5.74, 6) is -0.109. The van der Waals surface area contributed by atoms with Gasteiger partial charge in [-0.3, -0.25) is 4.79 Å². The van der Waals surface area contributed by atoms with Crippen LogP contribution in [0.4, 0.5) is 0 Å². The molecule has 1 rings (SSSR count). The maximum atomic E-state index is 11.1. The van der Waals surface area contributed by atoms with Crippen LogP contribution in [-0.2, 0) is 17.6 Å². The highest BCUT2D eigenvalue weighted by atomic mass is 35.5. The van der Waals surface area contributed by atoms with Crippen molar-refractivity contribution < 1.29 is 4.79 Å². The van der Waals surface area contributed by atoms with Gasteiger partial charge in [-0.2, -0.15) is 0 Å². The van der Waals surface area contributed by atoms with Crippen LogP contribution < -0.4 is 11.1 Å². The molecule has 0 aliphatic carbocycles. The number of halogens is 2. The number of amides is 1. The number of nitrogens with zero attached hydrogens (tertiary/aromatic N) is 1. The quantitative estimate of drug-likeness (QED) is 0.867. The number of thiazole rings is 1. The first-order chi connectivity index (χ1) is 7.13. The summed E-state index contributed by atoms with van der Waals surface area (Å²) in [5.41, 5.74) is 5.42. The number of carbonyl (C=O) groups excluding carboxylic acids is 1. The number of nitrogens with one attached hydrogen (secondary N) is 1. The van der Waals surface area contributed by atoms with Crippen LogP contribution in [0.15, 0.2) is 6.20 Å². The molecule has 0 aliphatic heterocycles. The zero-order chi connectivity index (χ0) is 11.3. The maximum absolute atomic E-state index is 11.1. The van der Waals surface area contributed by atoms with E-state index in [9.17, 15) is 4.79 Å². The number of hydrogen-bond acceptors (Lipinski definition) is 4. The van der Waals surface area contributed by atoms with Crippen molar-refractivity contribution in [3.63, 3.8) is 0 Å². The maximum Gasteiger partial charge on any atom is 0.236 e. The Morgan fingerprint density at radius 2 is 2.24 bits per heavy atom. The highest BCUT2D eigenvalue weighted by molar-refractivity contribution is 7.11. The van der Waals surface area contributed by atoms with Crippen LogP contribution in [0.3, 0.4) is 0 Å². The van der Waals surface area contributed by atoms with E-state index in [1.165, 1.54) is 4.88 Å². The zero-order valence-electron chi connectivity index (χ0n) is 9.93. The smallest absolute Gasteiger partial charge is 0.236 e. The summed E-state index contributed by atoms with van der Waals surface area (Å²) in [4.78, 5) is 16.7. The molecule has 1 aromatic heterocycles. The number of aryl methyl sites for hydroxylation is 1. The highest BCUT2D eigenvalue weighted by Gasteiger charge is 2.06. The second kappa shape index (κ2) is 9.65. The fourth-order valence-corrected chi connectivity index (χ4v) is 1.94. The molecule has 17 heavy (non-hydrogen) atoms. The fourth-order valence-electron chi connectivity index (χ4n) is 1.08. The van der Waals surface area contributed by atoms with Gasteiger partial charge in [-0.1, -0.05) is 6.92 Å². The van der Waals surface area contributed by atoms with Crippen molar-refractivity contribution in [3.05, 3.63) is 16.1 Å². The lowest BCUT2D eigenvalue weighted by Gasteiger charge is -2.05. The fraction of sp³-hybridized carbons (Fsp3) is 0.600. The molecule has 0 spiro atoms. The molecule has 100 valence electrons. The molecular formula is C10H19Cl2N3OS. The lowest BCUT2D eigenvalue weighted by molar-refractivity contribution is -0.121. The van der Waals surface area contributed by atoms with Gasteiger partial charge in [0.25, 0.3) is 0 Å². The molecule has 0 aromatic carbocycles. The van der Waals surface area contributed by atoms with E-state index < -0.39 is 6.04 Å². The van der Waals surface area contributed by atoms with Crippen LogP contribution >= 0.6 is 36.2 Å². The largest absolute Gasteiger partial charge is 0.354 e. The summed E-state index contributed by atoms with van der Waals surface area (Å²) in [6.45, 7) is 4.39. The summed E-state index contributed by atoms with van der Waals surface area (Å²) in [5, 5.41) is 3.83. The number of nitrogens with two attached hydrogens (primary N) is 1. The minimum absolute atomic E-state index is 0. The lowest BCUT2D eigenvalue weighted by Crippen LogP contribution is -2.39. The number of hydrogen-bond donors (Lipinski definition) is 2. The Morgan fingerprint density at radius 1 is 1.59 bits per heavy atom. The average molecular weight is 300 g/mol. The van der Waals surface area contributed by atoms with Crippen molar-refractivity contribution in [2.45, 2.75) is 32.7 Å². The molecule has 0 saturated heterocycles. The third kappa shape index (κ3) is 6.83. The standard InChI is InChI=1S/C10H17N3OS.2ClH/c1-3-8-6-13-9(15-8)4-5-12-10(14)7(2)11;;/h6-7H,3-5,11H2,1-2H3,(H,12,14);2*1H/t7-;;/m1../s1. The van der Waals surface area contributed by atoms with Crippen LogP contribution in [0.2, 0.25) is 0 Å². The monoisotopic (exact) mass is 299 g/mol. The summed E-state index contributed by atoms with van der Waals surface area (Å²) in [6.07, 6.45) is 3.69. The first kappa shape index (κ1) is 19.0. The van der Waals surface area contributed by atoms with Crippen molar-refractivity contribution in [2.24, 2.45) is 5.73 Å². The molecule has 0 saturated carbocycles. The minimum Gasteiger partial charge on any atom is -0.354 e. The Hall–Kier alpha value is -0.360. The molecule has 1 heterocycles. The minimum atomic E-state index is -0.438. The SMILES string of the molecule is CCc1cnc(CCNC(=O)[C@@H](C)N)s1.Cl.Cl. The van der Waals surface area contributed by atoms with Crippen LogP contribution in [-0.4, -0.2) is 23.5 Å². The molecule has 3 N–H and O–H groups in total. The summed E-state index contributed by atoms with van der Waals surface area (Å²) in [6, 6.07) is -0.438. The molecule has 0 bridgehead atoms. The molecule has 0 fully saturated rings. The molecule has 1 atom stereocenters. The van der Waals surface area contributed by atoms with Crippen molar-refractivity contribution in [1.82, 2.24) is 10.3 Å². The van der Waals surface area contributed by atoms with Gasteiger partial charge in [0.15, 0.2) is 0 Å². The van der Waals surface area contributed by atoms with Crippen molar-refractivity contribution in [3.8, 4) is 0 Å². The van der Waals surface area contributed by atoms with Gasteiger partial charge in [-0.25, -0.2) is 4.98 Å².